The van der Waals surface area contributed by atoms with Gasteiger partial charge < -0.3 is 21.3 Å². The van der Waals surface area contributed by atoms with Gasteiger partial charge in [0.1, 0.15) is 0 Å². The third-order valence-corrected chi connectivity index (χ3v) is 5.26. The number of nitrogens with zero attached hydrogens (tertiary/aromatic N) is 1. The van der Waals surface area contributed by atoms with Crippen molar-refractivity contribution in [3.05, 3.63) is 41.1 Å². The molecule has 1 aromatic rings. The first-order valence-electron chi connectivity index (χ1n) is 9.48. The maximum Gasteiger partial charge on any atom is 0.211 e. The third-order valence-electron chi connectivity index (χ3n) is 5.26. The number of hydrogen-bond acceptors (Lipinski definition) is 5. The Morgan fingerprint density at radius 1 is 1.37 bits per heavy atom. The SMILES string of the molecule is CC1(C)CCC(C(=N)c2cccc(NC=O)c2)=C(N)C1.CNC1CN(C)C1. The average Bonchev–Trinajstić information content (AvgIpc) is 2.59. The van der Waals surface area contributed by atoms with Gasteiger partial charge in [0, 0.05) is 36.1 Å². The van der Waals surface area contributed by atoms with Crippen LogP contribution in [0.3, 0.4) is 0 Å². The second-order valence-corrected chi connectivity index (χ2v) is 8.27. The van der Waals surface area contributed by atoms with Crippen LogP contribution in [0.1, 0.15) is 38.7 Å². The summed E-state index contributed by atoms with van der Waals surface area (Å²) in [5.41, 5.74) is 10.1. The van der Waals surface area contributed by atoms with E-state index in [1.165, 1.54) is 13.1 Å². The van der Waals surface area contributed by atoms with Crippen LogP contribution in [0.15, 0.2) is 35.5 Å². The van der Waals surface area contributed by atoms with Crippen molar-refractivity contribution in [2.75, 3.05) is 32.5 Å². The van der Waals surface area contributed by atoms with Crippen LogP contribution in [0.25, 0.3) is 0 Å². The lowest BCUT2D eigenvalue weighted by Gasteiger charge is -2.35. The van der Waals surface area contributed by atoms with Crippen LogP contribution >= 0.6 is 0 Å². The van der Waals surface area contributed by atoms with E-state index in [1.807, 2.05) is 19.2 Å². The largest absolute Gasteiger partial charge is 0.402 e. The number of rotatable bonds is 5. The van der Waals surface area contributed by atoms with Crippen LogP contribution < -0.4 is 16.4 Å². The summed E-state index contributed by atoms with van der Waals surface area (Å²) in [7, 11) is 4.14. The molecule has 0 bridgehead atoms. The molecule has 6 nitrogen and oxygen atoms in total. The maximum atomic E-state index is 10.5. The lowest BCUT2D eigenvalue weighted by atomic mass is 9.75. The Hall–Kier alpha value is -2.18. The second kappa shape index (κ2) is 9.15. The number of allylic oxidation sites excluding steroid dienone is 2. The van der Waals surface area contributed by atoms with E-state index in [0.717, 1.165) is 42.1 Å². The standard InChI is InChI=1S/C16H21N3O.C5H12N2/c1-16(2)7-6-13(14(17)9-16)15(18)11-4-3-5-12(8-11)19-10-20;1-6-5-3-7(2)4-5/h3-5,8,10,18H,6-7,9,17H2,1-2H3,(H,19,20);5-6H,3-4H2,1-2H3. The van der Waals surface area contributed by atoms with Crippen molar-refractivity contribution in [1.82, 2.24) is 10.2 Å². The van der Waals surface area contributed by atoms with Gasteiger partial charge >= 0.3 is 0 Å². The van der Waals surface area contributed by atoms with Crippen LogP contribution in [-0.2, 0) is 4.79 Å². The topological polar surface area (TPSA) is 94.2 Å². The molecule has 2 aliphatic rings. The van der Waals surface area contributed by atoms with E-state index in [2.05, 4.69) is 36.4 Å². The normalized spacial score (nSPS) is 19.6. The zero-order chi connectivity index (χ0) is 20.0. The Labute approximate surface area is 162 Å². The Kier molecular flexibility index (Phi) is 7.16. The Morgan fingerprint density at radius 3 is 2.59 bits per heavy atom. The highest BCUT2D eigenvalue weighted by molar-refractivity contribution is 6.11. The first-order chi connectivity index (χ1) is 12.8. The van der Waals surface area contributed by atoms with Crippen molar-refractivity contribution in [2.24, 2.45) is 11.1 Å². The first kappa shape index (κ1) is 21.1. The quantitative estimate of drug-likeness (QED) is 0.473. The van der Waals surface area contributed by atoms with E-state index >= 15 is 0 Å². The van der Waals surface area contributed by atoms with Crippen molar-refractivity contribution in [3.63, 3.8) is 0 Å². The van der Waals surface area contributed by atoms with E-state index < -0.39 is 0 Å². The monoisotopic (exact) mass is 371 g/mol. The zero-order valence-electron chi connectivity index (χ0n) is 16.9. The molecule has 0 saturated carbocycles. The van der Waals surface area contributed by atoms with Gasteiger partial charge in [0.2, 0.25) is 6.41 Å². The molecule has 0 aromatic heterocycles. The summed E-state index contributed by atoms with van der Waals surface area (Å²) in [5, 5.41) is 14.2. The Bertz CT molecular complexity index is 704. The number of carbonyl (C=O) groups is 1. The maximum absolute atomic E-state index is 10.5. The summed E-state index contributed by atoms with van der Waals surface area (Å²) in [6.07, 6.45) is 3.34. The van der Waals surface area contributed by atoms with Crippen LogP contribution in [0, 0.1) is 10.8 Å². The molecule has 3 rings (SSSR count). The fourth-order valence-corrected chi connectivity index (χ4v) is 3.51. The number of amides is 1. The van der Waals surface area contributed by atoms with Gasteiger partial charge in [0.05, 0.1) is 5.71 Å². The van der Waals surface area contributed by atoms with Crippen LogP contribution in [-0.4, -0.2) is 50.2 Å². The third kappa shape index (κ3) is 5.91. The lowest BCUT2D eigenvalue weighted by molar-refractivity contribution is -0.105. The van der Waals surface area contributed by atoms with E-state index in [1.54, 1.807) is 12.1 Å². The smallest absolute Gasteiger partial charge is 0.211 e. The predicted molar refractivity (Wildman–Crippen MR) is 112 cm³/mol. The molecule has 1 amide bonds. The highest BCUT2D eigenvalue weighted by Gasteiger charge is 2.27. The molecule has 5 N–H and O–H groups in total. The molecule has 1 heterocycles. The number of likely N-dealkylation sites (N-methyl/N-ethyl adjacent to an activating group) is 2. The summed E-state index contributed by atoms with van der Waals surface area (Å²) in [5.74, 6) is 0. The number of benzene rings is 1. The molecule has 1 fully saturated rings. The van der Waals surface area contributed by atoms with Gasteiger partial charge in [-0.15, -0.1) is 0 Å². The first-order valence-corrected chi connectivity index (χ1v) is 9.48. The Balaban J connectivity index is 0.000000313. The van der Waals surface area contributed by atoms with Crippen LogP contribution in [0.5, 0.6) is 0 Å². The zero-order valence-corrected chi connectivity index (χ0v) is 16.9. The fraction of sp³-hybridized carbons (Fsp3) is 0.524. The molecule has 1 aromatic carbocycles. The molecule has 148 valence electrons. The van der Waals surface area contributed by atoms with Gasteiger partial charge in [-0.25, -0.2) is 0 Å². The highest BCUT2D eigenvalue weighted by Crippen LogP contribution is 2.37. The molecule has 0 unspecified atom stereocenters. The molecule has 0 radical (unpaired) electrons. The molecule has 1 aliphatic carbocycles. The molecule has 6 heteroatoms. The van der Waals surface area contributed by atoms with Gasteiger partial charge in [-0.3, -0.25) is 10.2 Å². The number of nitrogens with two attached hydrogens (primary N) is 1. The van der Waals surface area contributed by atoms with Gasteiger partial charge in [-0.1, -0.05) is 26.0 Å². The van der Waals surface area contributed by atoms with Gasteiger partial charge in [-0.2, -0.15) is 0 Å². The van der Waals surface area contributed by atoms with Crippen LogP contribution in [0.2, 0.25) is 0 Å². The van der Waals surface area contributed by atoms with Crippen molar-refractivity contribution >= 4 is 17.8 Å². The number of likely N-dealkylation sites (tertiary alicyclic amines) is 1. The molecule has 1 aliphatic heterocycles. The van der Waals surface area contributed by atoms with Crippen molar-refractivity contribution < 1.29 is 4.79 Å². The lowest BCUT2D eigenvalue weighted by Crippen LogP contribution is -2.54. The van der Waals surface area contributed by atoms with Gasteiger partial charge in [-0.05, 0) is 56.5 Å². The predicted octanol–water partition coefficient (Wildman–Crippen LogP) is 2.57. The minimum absolute atomic E-state index is 0.217. The van der Waals surface area contributed by atoms with Crippen LogP contribution in [0.4, 0.5) is 5.69 Å². The van der Waals surface area contributed by atoms with E-state index in [-0.39, 0.29) is 5.41 Å². The van der Waals surface area contributed by atoms with Crippen molar-refractivity contribution in [2.45, 2.75) is 39.2 Å². The van der Waals surface area contributed by atoms with E-state index in [0.29, 0.717) is 17.8 Å². The molecular formula is C21H33N5O. The number of hydrogen-bond donors (Lipinski definition) is 4. The fourth-order valence-electron chi connectivity index (χ4n) is 3.51. The van der Waals surface area contributed by atoms with Gasteiger partial charge in [0.25, 0.3) is 0 Å². The van der Waals surface area contributed by atoms with E-state index in [4.69, 9.17) is 11.1 Å². The summed E-state index contributed by atoms with van der Waals surface area (Å²) >= 11 is 0. The molecule has 0 atom stereocenters. The minimum atomic E-state index is 0.217. The highest BCUT2D eigenvalue weighted by atomic mass is 16.1. The second-order valence-electron chi connectivity index (χ2n) is 8.27. The average molecular weight is 372 g/mol. The molecule has 1 saturated heterocycles. The van der Waals surface area contributed by atoms with Crippen molar-refractivity contribution in [3.8, 4) is 0 Å². The minimum Gasteiger partial charge on any atom is -0.402 e. The molecule has 27 heavy (non-hydrogen) atoms. The van der Waals surface area contributed by atoms with Gasteiger partial charge in [0.15, 0.2) is 0 Å². The van der Waals surface area contributed by atoms with Crippen molar-refractivity contribution in [1.29, 1.82) is 5.41 Å². The summed E-state index contributed by atoms with van der Waals surface area (Å²) in [4.78, 5) is 12.8. The molecular weight excluding hydrogens is 338 g/mol. The number of anilines is 1. The summed E-state index contributed by atoms with van der Waals surface area (Å²) in [6, 6.07) is 8.08. The van der Waals surface area contributed by atoms with E-state index in [9.17, 15) is 4.79 Å². The number of carbonyl (C=O) groups excluding carboxylic acids is 1. The molecule has 0 spiro atoms. The Morgan fingerprint density at radius 2 is 2.07 bits per heavy atom. The summed E-state index contributed by atoms with van der Waals surface area (Å²) < 4.78 is 0. The summed E-state index contributed by atoms with van der Waals surface area (Å²) in [6.45, 7) is 6.84. The number of nitrogens with one attached hydrogen (secondary N) is 3.